The number of nitrogens with zero attached hydrogens (tertiary/aromatic N) is 3. The van der Waals surface area contributed by atoms with E-state index >= 15 is 0 Å². The Hall–Kier alpha value is -0.120. The quantitative estimate of drug-likeness (QED) is 0.313. The van der Waals surface area contributed by atoms with E-state index in [2.05, 4.69) is 48.1 Å². The summed E-state index contributed by atoms with van der Waals surface area (Å²) in [4.78, 5) is 9.82. The van der Waals surface area contributed by atoms with E-state index in [1.807, 2.05) is 0 Å². The van der Waals surface area contributed by atoms with Crippen molar-refractivity contribution in [1.29, 1.82) is 0 Å². The van der Waals surface area contributed by atoms with Gasteiger partial charge in [-0.15, -0.1) is 24.0 Å². The molecule has 0 bridgehead atoms. The third kappa shape index (κ3) is 10.0. The van der Waals surface area contributed by atoms with E-state index in [0.717, 1.165) is 25.6 Å². The zero-order valence-corrected chi connectivity index (χ0v) is 18.5. The van der Waals surface area contributed by atoms with Gasteiger partial charge in [0.15, 0.2) is 5.96 Å². The Balaban J connectivity index is 0.00000529. The first-order chi connectivity index (χ1) is 11.1. The van der Waals surface area contributed by atoms with Crippen molar-refractivity contribution in [1.82, 2.24) is 20.4 Å². The highest BCUT2D eigenvalue weighted by molar-refractivity contribution is 14.0. The molecule has 0 spiro atoms. The number of piperazine rings is 1. The molecule has 0 aliphatic carbocycles. The first-order valence-electron chi connectivity index (χ1n) is 9.07. The molecule has 2 atom stereocenters. The van der Waals surface area contributed by atoms with Gasteiger partial charge in [0, 0.05) is 59.0 Å². The van der Waals surface area contributed by atoms with Crippen molar-refractivity contribution in [2.24, 2.45) is 10.9 Å². The van der Waals surface area contributed by atoms with Crippen LogP contribution in [-0.4, -0.2) is 87.9 Å². The Morgan fingerprint density at radius 1 is 1.12 bits per heavy atom. The number of likely N-dealkylation sites (N-methyl/N-ethyl adjacent to an activating group) is 1. The Morgan fingerprint density at radius 2 is 1.75 bits per heavy atom. The van der Waals surface area contributed by atoms with Crippen molar-refractivity contribution < 1.29 is 4.74 Å². The largest absolute Gasteiger partial charge is 0.383 e. The van der Waals surface area contributed by atoms with Crippen molar-refractivity contribution in [3.05, 3.63) is 0 Å². The van der Waals surface area contributed by atoms with Gasteiger partial charge in [-0.3, -0.25) is 4.99 Å². The van der Waals surface area contributed by atoms with E-state index in [1.165, 1.54) is 32.7 Å². The van der Waals surface area contributed by atoms with E-state index < -0.39 is 0 Å². The van der Waals surface area contributed by atoms with Crippen LogP contribution in [0.3, 0.4) is 0 Å². The molecule has 0 aromatic heterocycles. The molecule has 0 radical (unpaired) electrons. The van der Waals surface area contributed by atoms with Gasteiger partial charge in [-0.25, -0.2) is 0 Å². The van der Waals surface area contributed by atoms with Crippen LogP contribution < -0.4 is 10.6 Å². The predicted octanol–water partition coefficient (Wildman–Crippen LogP) is 1.47. The van der Waals surface area contributed by atoms with Gasteiger partial charge in [-0.1, -0.05) is 13.8 Å². The van der Waals surface area contributed by atoms with E-state index in [4.69, 9.17) is 9.73 Å². The second-order valence-corrected chi connectivity index (χ2v) is 6.56. The fraction of sp³-hybridized carbons (Fsp3) is 0.941. The molecule has 144 valence electrons. The Bertz CT molecular complexity index is 335. The molecule has 1 rings (SSSR count). The van der Waals surface area contributed by atoms with Crippen LogP contribution in [0, 0.1) is 5.92 Å². The summed E-state index contributed by atoms with van der Waals surface area (Å²) in [5.41, 5.74) is 0. The molecule has 7 heteroatoms. The van der Waals surface area contributed by atoms with Crippen LogP contribution in [-0.2, 0) is 4.74 Å². The molecule has 1 aliphatic heterocycles. The lowest BCUT2D eigenvalue weighted by Crippen LogP contribution is -2.47. The van der Waals surface area contributed by atoms with Crippen LogP contribution in [0.5, 0.6) is 0 Å². The summed E-state index contributed by atoms with van der Waals surface area (Å²) >= 11 is 0. The van der Waals surface area contributed by atoms with E-state index in [0.29, 0.717) is 12.5 Å². The van der Waals surface area contributed by atoms with Crippen LogP contribution in [0.2, 0.25) is 0 Å². The molecule has 0 aromatic carbocycles. The number of ether oxygens (including phenoxy) is 1. The molecule has 1 aliphatic rings. The zero-order chi connectivity index (χ0) is 17.1. The molecule has 2 unspecified atom stereocenters. The van der Waals surface area contributed by atoms with Gasteiger partial charge in [-0.2, -0.15) is 0 Å². The Morgan fingerprint density at radius 3 is 2.29 bits per heavy atom. The summed E-state index contributed by atoms with van der Waals surface area (Å²) in [5.74, 6) is 1.45. The van der Waals surface area contributed by atoms with Crippen molar-refractivity contribution in [2.45, 2.75) is 33.7 Å². The molecular weight excluding hydrogens is 417 g/mol. The zero-order valence-electron chi connectivity index (χ0n) is 16.2. The lowest BCUT2D eigenvalue weighted by Gasteiger charge is -2.35. The number of hydrogen-bond acceptors (Lipinski definition) is 4. The fourth-order valence-corrected chi connectivity index (χ4v) is 2.88. The lowest BCUT2D eigenvalue weighted by molar-refractivity contribution is 0.125. The lowest BCUT2D eigenvalue weighted by atomic mass is 10.1. The maximum absolute atomic E-state index is 5.17. The van der Waals surface area contributed by atoms with Crippen LogP contribution in [0.1, 0.15) is 27.7 Å². The van der Waals surface area contributed by atoms with Gasteiger partial charge in [0.1, 0.15) is 0 Å². The first-order valence-corrected chi connectivity index (χ1v) is 9.07. The van der Waals surface area contributed by atoms with Crippen molar-refractivity contribution in [2.75, 3.05) is 66.1 Å². The predicted molar refractivity (Wildman–Crippen MR) is 114 cm³/mol. The average Bonchev–Trinajstić information content (AvgIpc) is 2.54. The van der Waals surface area contributed by atoms with Crippen LogP contribution in [0.25, 0.3) is 0 Å². The van der Waals surface area contributed by atoms with Crippen molar-refractivity contribution in [3.63, 3.8) is 0 Å². The maximum Gasteiger partial charge on any atom is 0.191 e. The van der Waals surface area contributed by atoms with Crippen LogP contribution in [0.4, 0.5) is 0 Å². The van der Waals surface area contributed by atoms with E-state index in [-0.39, 0.29) is 30.0 Å². The number of methoxy groups -OCH3 is 1. The van der Waals surface area contributed by atoms with Crippen LogP contribution >= 0.6 is 24.0 Å². The molecule has 1 saturated heterocycles. The molecule has 0 saturated carbocycles. The number of hydrogen-bond donors (Lipinski definition) is 2. The number of rotatable bonds is 9. The van der Waals surface area contributed by atoms with Gasteiger partial charge < -0.3 is 25.2 Å². The number of halogens is 1. The summed E-state index contributed by atoms with van der Waals surface area (Å²) in [7, 11) is 1.72. The minimum atomic E-state index is 0. The third-order valence-electron chi connectivity index (χ3n) is 4.19. The smallest absolute Gasteiger partial charge is 0.191 e. The highest BCUT2D eigenvalue weighted by atomic mass is 127. The monoisotopic (exact) mass is 455 g/mol. The van der Waals surface area contributed by atoms with Gasteiger partial charge in [0.05, 0.1) is 6.61 Å². The minimum absolute atomic E-state index is 0. The van der Waals surface area contributed by atoms with Gasteiger partial charge in [0.25, 0.3) is 0 Å². The molecule has 0 amide bonds. The fourth-order valence-electron chi connectivity index (χ4n) is 2.88. The first kappa shape index (κ1) is 23.9. The summed E-state index contributed by atoms with van der Waals surface area (Å²) in [6.07, 6.45) is 0. The van der Waals surface area contributed by atoms with Gasteiger partial charge in [0.2, 0.25) is 0 Å². The van der Waals surface area contributed by atoms with Crippen LogP contribution in [0.15, 0.2) is 4.99 Å². The van der Waals surface area contributed by atoms with Crippen molar-refractivity contribution in [3.8, 4) is 0 Å². The highest BCUT2D eigenvalue weighted by Gasteiger charge is 2.17. The second-order valence-electron chi connectivity index (χ2n) is 6.56. The molecule has 24 heavy (non-hydrogen) atoms. The maximum atomic E-state index is 5.17. The molecule has 1 fully saturated rings. The molecule has 6 nitrogen and oxygen atoms in total. The highest BCUT2D eigenvalue weighted by Crippen LogP contribution is 2.06. The van der Waals surface area contributed by atoms with Gasteiger partial charge in [-0.05, 0) is 26.3 Å². The molecule has 0 aromatic rings. The average molecular weight is 455 g/mol. The summed E-state index contributed by atoms with van der Waals surface area (Å²) < 4.78 is 5.17. The van der Waals surface area contributed by atoms with Crippen molar-refractivity contribution >= 4 is 29.9 Å². The third-order valence-corrected chi connectivity index (χ3v) is 4.19. The Kier molecular flexibility index (Phi) is 14.0. The minimum Gasteiger partial charge on any atom is -0.383 e. The number of guanidine groups is 1. The molecule has 2 N–H and O–H groups in total. The number of aliphatic imine (C=N–C) groups is 1. The van der Waals surface area contributed by atoms with E-state index in [1.54, 1.807) is 7.11 Å². The van der Waals surface area contributed by atoms with Gasteiger partial charge >= 0.3 is 0 Å². The number of nitrogens with one attached hydrogen (secondary N) is 2. The topological polar surface area (TPSA) is 52.1 Å². The summed E-state index contributed by atoms with van der Waals surface area (Å²) in [5, 5.41) is 6.69. The van der Waals surface area contributed by atoms with E-state index in [9.17, 15) is 0 Å². The standard InChI is InChI=1S/C17H37N5O.HI/c1-6-18-17(20-16(4)14-23-5)19-12-15(3)13-22-10-8-21(7-2)9-11-22;/h15-16H,6-14H2,1-5H3,(H2,18,19,20);1H. The SMILES string of the molecule is CCNC(=NCC(C)CN1CCN(CC)CC1)NC(C)COC.I. The summed E-state index contributed by atoms with van der Waals surface area (Å²) in [6, 6.07) is 0.259. The molecule has 1 heterocycles. The second kappa shape index (κ2) is 14.1. The Labute approximate surface area is 165 Å². The normalized spacial score (nSPS) is 19.5. The summed E-state index contributed by atoms with van der Waals surface area (Å²) in [6.45, 7) is 18.2. The molecular formula is C17H38IN5O.